The highest BCUT2D eigenvalue weighted by atomic mass is 32.1. The predicted octanol–water partition coefficient (Wildman–Crippen LogP) is 4.43. The lowest BCUT2D eigenvalue weighted by Crippen LogP contribution is -2.43. The van der Waals surface area contributed by atoms with Crippen LogP contribution in [0.4, 0.5) is 5.69 Å². The lowest BCUT2D eigenvalue weighted by atomic mass is 10.0. The Morgan fingerprint density at radius 1 is 1.00 bits per heavy atom. The Labute approximate surface area is 201 Å². The van der Waals surface area contributed by atoms with Crippen LogP contribution in [0.15, 0.2) is 52.1 Å². The third-order valence-corrected chi connectivity index (χ3v) is 8.13. The molecule has 0 fully saturated rings. The number of hydrogen-bond acceptors (Lipinski definition) is 4. The van der Waals surface area contributed by atoms with Gasteiger partial charge < -0.3 is 4.90 Å². The maximum atomic E-state index is 13.7. The molecular formula is C27H27N3O3S. The van der Waals surface area contributed by atoms with Crippen molar-refractivity contribution in [3.63, 3.8) is 0 Å². The zero-order valence-corrected chi connectivity index (χ0v) is 20.7. The van der Waals surface area contributed by atoms with Crippen molar-refractivity contribution >= 4 is 33.1 Å². The quantitative estimate of drug-likeness (QED) is 0.442. The van der Waals surface area contributed by atoms with Gasteiger partial charge in [-0.25, -0.2) is 9.36 Å². The van der Waals surface area contributed by atoms with E-state index in [-0.39, 0.29) is 18.0 Å². The number of aryl methyl sites for hydroxylation is 5. The van der Waals surface area contributed by atoms with E-state index in [4.69, 9.17) is 0 Å². The van der Waals surface area contributed by atoms with Crippen LogP contribution in [0.1, 0.15) is 33.6 Å². The number of amides is 1. The zero-order valence-electron chi connectivity index (χ0n) is 19.8. The van der Waals surface area contributed by atoms with Crippen molar-refractivity contribution in [2.24, 2.45) is 0 Å². The van der Waals surface area contributed by atoms with Crippen molar-refractivity contribution in [3.05, 3.63) is 90.4 Å². The van der Waals surface area contributed by atoms with Crippen molar-refractivity contribution < 1.29 is 4.79 Å². The molecule has 4 aromatic rings. The van der Waals surface area contributed by atoms with Gasteiger partial charge in [0.25, 0.3) is 5.56 Å². The fraction of sp³-hybridized carbons (Fsp3) is 0.296. The van der Waals surface area contributed by atoms with Crippen molar-refractivity contribution in [1.29, 1.82) is 0 Å². The Kier molecular flexibility index (Phi) is 5.52. The van der Waals surface area contributed by atoms with Gasteiger partial charge in [-0.3, -0.25) is 14.2 Å². The van der Waals surface area contributed by atoms with Gasteiger partial charge in [-0.2, -0.15) is 0 Å². The first-order chi connectivity index (χ1) is 16.3. The van der Waals surface area contributed by atoms with Crippen LogP contribution in [-0.2, 0) is 17.8 Å². The summed E-state index contributed by atoms with van der Waals surface area (Å²) in [4.78, 5) is 44.1. The number of carbonyl (C=O) groups is 1. The van der Waals surface area contributed by atoms with Gasteiger partial charge in [0.1, 0.15) is 11.4 Å². The Hall–Kier alpha value is -3.45. The van der Waals surface area contributed by atoms with Crippen molar-refractivity contribution in [3.8, 4) is 5.69 Å². The molecule has 3 heterocycles. The number of thiophene rings is 1. The monoisotopic (exact) mass is 473 g/mol. The largest absolute Gasteiger partial charge is 0.337 e. The molecule has 5 rings (SSSR count). The van der Waals surface area contributed by atoms with E-state index in [1.54, 1.807) is 11.0 Å². The minimum Gasteiger partial charge on any atom is -0.311 e. The van der Waals surface area contributed by atoms with E-state index in [1.165, 1.54) is 20.5 Å². The molecular weight excluding hydrogens is 446 g/mol. The van der Waals surface area contributed by atoms with Crippen molar-refractivity contribution in [2.75, 3.05) is 11.4 Å². The van der Waals surface area contributed by atoms with Crippen LogP contribution >= 0.6 is 11.3 Å². The summed E-state index contributed by atoms with van der Waals surface area (Å²) in [5.41, 5.74) is 4.68. The first-order valence-corrected chi connectivity index (χ1v) is 12.3. The smallest absolute Gasteiger partial charge is 0.311 e. The molecule has 34 heavy (non-hydrogen) atoms. The normalized spacial score (nSPS) is 13.4. The van der Waals surface area contributed by atoms with Gasteiger partial charge in [0.05, 0.1) is 11.1 Å². The summed E-state index contributed by atoms with van der Waals surface area (Å²) < 4.78 is 2.70. The SMILES string of the molecule is Cc1ccc(-n2c(=O)c3c(C)c(C)sc3n(CC(=O)N3CCCc4ccccc43)c2=O)cc1C. The highest BCUT2D eigenvalue weighted by molar-refractivity contribution is 7.18. The summed E-state index contributed by atoms with van der Waals surface area (Å²) in [6, 6.07) is 13.5. The number of benzene rings is 2. The second kappa shape index (κ2) is 8.40. The first kappa shape index (κ1) is 22.3. The molecule has 0 bridgehead atoms. The fourth-order valence-corrected chi connectivity index (χ4v) is 5.84. The standard InChI is InChI=1S/C27H27N3O3S/c1-16-11-12-21(14-17(16)2)30-25(32)24-18(3)19(4)34-26(24)29(27(30)33)15-23(31)28-13-7-9-20-8-5-6-10-22(20)28/h5-6,8,10-12,14H,7,9,13,15H2,1-4H3. The summed E-state index contributed by atoms with van der Waals surface area (Å²) in [5, 5.41) is 0.507. The van der Waals surface area contributed by atoms with E-state index in [0.717, 1.165) is 45.7 Å². The van der Waals surface area contributed by atoms with Gasteiger partial charge in [0, 0.05) is 17.1 Å². The van der Waals surface area contributed by atoms with Gasteiger partial charge in [0.2, 0.25) is 5.91 Å². The Morgan fingerprint density at radius 3 is 2.53 bits per heavy atom. The summed E-state index contributed by atoms with van der Waals surface area (Å²) in [5.74, 6) is -0.149. The molecule has 1 amide bonds. The zero-order chi connectivity index (χ0) is 24.1. The molecule has 0 saturated heterocycles. The molecule has 6 nitrogen and oxygen atoms in total. The molecule has 0 radical (unpaired) electrons. The average molecular weight is 474 g/mol. The Bertz CT molecular complexity index is 1570. The molecule has 0 aliphatic carbocycles. The molecule has 2 aromatic heterocycles. The molecule has 174 valence electrons. The lowest BCUT2D eigenvalue weighted by Gasteiger charge is -2.29. The van der Waals surface area contributed by atoms with Crippen molar-refractivity contribution in [2.45, 2.75) is 47.1 Å². The number of anilines is 1. The molecule has 1 aliphatic heterocycles. The van der Waals surface area contributed by atoms with Crippen LogP contribution in [0.2, 0.25) is 0 Å². The van der Waals surface area contributed by atoms with Gasteiger partial charge >= 0.3 is 5.69 Å². The molecule has 0 N–H and O–H groups in total. The van der Waals surface area contributed by atoms with E-state index in [9.17, 15) is 14.4 Å². The number of hydrogen-bond donors (Lipinski definition) is 0. The highest BCUT2D eigenvalue weighted by Crippen LogP contribution is 2.29. The summed E-state index contributed by atoms with van der Waals surface area (Å²) in [6.45, 7) is 8.29. The highest BCUT2D eigenvalue weighted by Gasteiger charge is 2.26. The number of fused-ring (bicyclic) bond motifs is 2. The van der Waals surface area contributed by atoms with Crippen LogP contribution in [0.3, 0.4) is 0 Å². The predicted molar refractivity (Wildman–Crippen MR) is 138 cm³/mol. The van der Waals surface area contributed by atoms with Gasteiger partial charge in [-0.1, -0.05) is 24.3 Å². The molecule has 0 saturated carbocycles. The maximum Gasteiger partial charge on any atom is 0.337 e. The fourth-order valence-electron chi connectivity index (χ4n) is 4.70. The van der Waals surface area contributed by atoms with E-state index >= 15 is 0 Å². The molecule has 0 spiro atoms. The first-order valence-electron chi connectivity index (χ1n) is 11.5. The summed E-state index contributed by atoms with van der Waals surface area (Å²) >= 11 is 1.40. The van der Waals surface area contributed by atoms with E-state index in [1.807, 2.05) is 64.1 Å². The molecule has 2 aromatic carbocycles. The van der Waals surface area contributed by atoms with Crippen LogP contribution in [0.25, 0.3) is 15.9 Å². The van der Waals surface area contributed by atoms with E-state index < -0.39 is 5.69 Å². The third kappa shape index (κ3) is 3.51. The second-order valence-electron chi connectivity index (χ2n) is 9.02. The third-order valence-electron chi connectivity index (χ3n) is 6.90. The van der Waals surface area contributed by atoms with Crippen LogP contribution in [0.5, 0.6) is 0 Å². The minimum absolute atomic E-state index is 0.117. The number of para-hydroxylation sites is 1. The van der Waals surface area contributed by atoms with E-state index in [2.05, 4.69) is 0 Å². The minimum atomic E-state index is -0.486. The van der Waals surface area contributed by atoms with Crippen LogP contribution < -0.4 is 16.1 Å². The van der Waals surface area contributed by atoms with Gasteiger partial charge in [-0.15, -0.1) is 11.3 Å². The van der Waals surface area contributed by atoms with Gasteiger partial charge in [0.15, 0.2) is 0 Å². The molecule has 1 aliphatic rings. The molecule has 0 atom stereocenters. The number of aromatic nitrogens is 2. The van der Waals surface area contributed by atoms with Gasteiger partial charge in [-0.05, 0) is 81.0 Å². The topological polar surface area (TPSA) is 64.3 Å². The summed E-state index contributed by atoms with van der Waals surface area (Å²) in [7, 11) is 0. The number of carbonyl (C=O) groups excluding carboxylic acids is 1. The average Bonchev–Trinajstić information content (AvgIpc) is 3.12. The lowest BCUT2D eigenvalue weighted by molar-refractivity contribution is -0.119. The number of nitrogens with zero attached hydrogens (tertiary/aromatic N) is 3. The maximum absolute atomic E-state index is 13.7. The summed E-state index contributed by atoms with van der Waals surface area (Å²) in [6.07, 6.45) is 1.82. The van der Waals surface area contributed by atoms with E-state index in [0.29, 0.717) is 22.4 Å². The Morgan fingerprint density at radius 2 is 1.76 bits per heavy atom. The molecule has 0 unspecified atom stereocenters. The Balaban J connectivity index is 1.69. The van der Waals surface area contributed by atoms with Crippen LogP contribution in [0, 0.1) is 27.7 Å². The second-order valence-corrected chi connectivity index (χ2v) is 10.2. The van der Waals surface area contributed by atoms with Crippen LogP contribution in [-0.4, -0.2) is 21.6 Å². The molecule has 7 heteroatoms. The van der Waals surface area contributed by atoms with Crippen molar-refractivity contribution in [1.82, 2.24) is 9.13 Å². The number of rotatable bonds is 3.